The van der Waals surface area contributed by atoms with Crippen LogP contribution in [0, 0.1) is 0 Å². The summed E-state index contributed by atoms with van der Waals surface area (Å²) >= 11 is 0. The fraction of sp³-hybridized carbons (Fsp3) is 0.952. The fourth-order valence-electron chi connectivity index (χ4n) is 3.84. The molecule has 0 N–H and O–H groups in total. The Balaban J connectivity index is 3.55. The van der Waals surface area contributed by atoms with Crippen LogP contribution in [-0.2, 0) is 14.3 Å². The Morgan fingerprint density at radius 2 is 0.740 bits per heavy atom. The van der Waals surface area contributed by atoms with Crippen molar-refractivity contribution in [1.82, 2.24) is 0 Å². The second kappa shape index (κ2) is 12.7. The van der Waals surface area contributed by atoms with Gasteiger partial charge in [0.1, 0.15) is 6.29 Å². The topological polar surface area (TPSA) is 35.5 Å². The number of halogens is 26. The summed E-state index contributed by atoms with van der Waals surface area (Å²) in [6.45, 7) is -1.36. The molecule has 0 aromatic heterocycles. The summed E-state index contributed by atoms with van der Waals surface area (Å²) in [6, 6.07) is 0. The molecule has 0 aromatic carbocycles. The van der Waals surface area contributed by atoms with Crippen molar-refractivity contribution in [3.63, 3.8) is 0 Å². The maximum atomic E-state index is 14.3. The van der Waals surface area contributed by atoms with Crippen molar-refractivity contribution >= 4 is 6.29 Å². The van der Waals surface area contributed by atoms with E-state index >= 15 is 0 Å². The maximum Gasteiger partial charge on any atom is 0.460 e. The molecule has 1 atom stereocenters. The predicted octanol–water partition coefficient (Wildman–Crippen LogP) is 9.73. The molecule has 0 spiro atoms. The minimum absolute atomic E-state index is 0.234. The molecule has 298 valence electrons. The second-order valence-corrected chi connectivity index (χ2v) is 10.4. The van der Waals surface area contributed by atoms with E-state index in [0.29, 0.717) is 0 Å². The van der Waals surface area contributed by atoms with E-state index in [-0.39, 0.29) is 6.29 Å². The molecule has 0 saturated carbocycles. The summed E-state index contributed by atoms with van der Waals surface area (Å²) in [5.74, 6) is -83.9. The molecule has 29 heteroatoms. The molecule has 1 aliphatic heterocycles. The van der Waals surface area contributed by atoms with E-state index in [4.69, 9.17) is 0 Å². The second-order valence-electron chi connectivity index (χ2n) is 10.4. The number of rotatable bonds is 16. The lowest BCUT2D eigenvalue weighted by molar-refractivity contribution is -0.441. The molecule has 0 radical (unpaired) electrons. The van der Waals surface area contributed by atoms with E-state index in [9.17, 15) is 119 Å². The van der Waals surface area contributed by atoms with Crippen molar-refractivity contribution in [1.29, 1.82) is 0 Å². The van der Waals surface area contributed by atoms with Gasteiger partial charge in [-0.25, -0.2) is 0 Å². The van der Waals surface area contributed by atoms with Gasteiger partial charge >= 0.3 is 71.6 Å². The van der Waals surface area contributed by atoms with E-state index in [1.54, 1.807) is 0 Å². The number of alkyl halides is 26. The SMILES string of the molecule is O=CCC1COC(CCC(F)(F)C(F)(F)C(F)(F)C(F)(F)C(F)(F)C(F)(F)F)(CCC(F)(F)C(F)(F)C(F)(F)C(F)(F)C(F)(F)C(F)(F)F)O1. The number of carbonyl (C=O) groups is 1. The van der Waals surface area contributed by atoms with Gasteiger partial charge in [-0.1, -0.05) is 0 Å². The quantitative estimate of drug-likeness (QED) is 0.115. The van der Waals surface area contributed by atoms with Gasteiger partial charge in [-0.2, -0.15) is 114 Å². The standard InChI is InChI=1S/C21H14F26O3/c22-10(23,12(26,27)14(30,31)16(34,35)18(38,39)20(42,43)44)4-2-9(49-7-8(50-9)1-6-48)3-5-11(24,25)13(28,29)15(32,33)17(36,37)19(40,41)21(45,46)47/h6,8H,1-5,7H2. The first-order valence-electron chi connectivity index (χ1n) is 12.2. The zero-order chi connectivity index (χ0) is 40.4. The van der Waals surface area contributed by atoms with Crippen molar-refractivity contribution < 1.29 is 128 Å². The van der Waals surface area contributed by atoms with Crippen LogP contribution in [0.4, 0.5) is 114 Å². The monoisotopic (exact) mass is 808 g/mol. The fourth-order valence-corrected chi connectivity index (χ4v) is 3.84. The molecule has 50 heavy (non-hydrogen) atoms. The van der Waals surface area contributed by atoms with Gasteiger partial charge in [0.15, 0.2) is 5.79 Å². The van der Waals surface area contributed by atoms with Gasteiger partial charge < -0.3 is 14.3 Å². The zero-order valence-electron chi connectivity index (χ0n) is 22.9. The minimum Gasteiger partial charge on any atom is -0.347 e. The molecule has 1 fully saturated rings. The van der Waals surface area contributed by atoms with Crippen LogP contribution >= 0.6 is 0 Å². The van der Waals surface area contributed by atoms with E-state index < -0.39 is 122 Å². The van der Waals surface area contributed by atoms with Crippen LogP contribution in [-0.4, -0.2) is 96.4 Å². The lowest BCUT2D eigenvalue weighted by Gasteiger charge is -2.41. The smallest absolute Gasteiger partial charge is 0.347 e. The number of hydrogen-bond donors (Lipinski definition) is 0. The molecule has 0 bridgehead atoms. The summed E-state index contributed by atoms with van der Waals surface area (Å²) < 4.78 is 356. The van der Waals surface area contributed by atoms with Gasteiger partial charge in [0.05, 0.1) is 12.7 Å². The van der Waals surface area contributed by atoms with Crippen molar-refractivity contribution in [2.45, 2.75) is 116 Å². The highest BCUT2D eigenvalue weighted by Crippen LogP contribution is 2.63. The van der Waals surface area contributed by atoms with Gasteiger partial charge in [-0.05, 0) is 0 Å². The number of ether oxygens (including phenoxy) is 2. The molecule has 1 saturated heterocycles. The van der Waals surface area contributed by atoms with Gasteiger partial charge in [0.25, 0.3) is 0 Å². The van der Waals surface area contributed by atoms with Crippen LogP contribution < -0.4 is 0 Å². The van der Waals surface area contributed by atoms with E-state index in [0.717, 1.165) is 0 Å². The lowest BCUT2D eigenvalue weighted by Crippen LogP contribution is -2.70. The van der Waals surface area contributed by atoms with Crippen LogP contribution in [0.25, 0.3) is 0 Å². The normalized spacial score (nSPS) is 20.0. The van der Waals surface area contributed by atoms with Gasteiger partial charge in [0.2, 0.25) is 0 Å². The number of carbonyl (C=O) groups excluding carboxylic acids is 1. The Bertz CT molecular complexity index is 1120. The summed E-state index contributed by atoms with van der Waals surface area (Å²) in [6.07, 6.45) is -30.9. The van der Waals surface area contributed by atoms with E-state index in [1.165, 1.54) is 0 Å². The zero-order valence-corrected chi connectivity index (χ0v) is 22.9. The Labute approximate surface area is 258 Å². The molecule has 0 aromatic rings. The predicted molar refractivity (Wildman–Crippen MR) is 104 cm³/mol. The Morgan fingerprint density at radius 1 is 0.460 bits per heavy atom. The number of hydrogen-bond acceptors (Lipinski definition) is 3. The van der Waals surface area contributed by atoms with E-state index in [2.05, 4.69) is 9.47 Å². The molecule has 3 nitrogen and oxygen atoms in total. The average Bonchev–Trinajstić information content (AvgIpc) is 3.32. The van der Waals surface area contributed by atoms with Crippen molar-refractivity contribution in [2.75, 3.05) is 6.61 Å². The molecule has 1 unspecified atom stereocenters. The molecule has 1 heterocycles. The molecule has 1 aliphatic rings. The first-order chi connectivity index (χ1) is 21.6. The highest BCUT2D eigenvalue weighted by atomic mass is 19.4. The Kier molecular flexibility index (Phi) is 11.6. The summed E-state index contributed by atoms with van der Waals surface area (Å²) in [7, 11) is 0. The highest BCUT2D eigenvalue weighted by molar-refractivity contribution is 5.50. The van der Waals surface area contributed by atoms with Crippen LogP contribution in [0.5, 0.6) is 0 Å². The third-order valence-electron chi connectivity index (χ3n) is 6.91. The maximum absolute atomic E-state index is 14.3. The number of aldehydes is 1. The van der Waals surface area contributed by atoms with Gasteiger partial charge in [-0.15, -0.1) is 0 Å². The Hall–Kier alpha value is -2.23. The van der Waals surface area contributed by atoms with Crippen LogP contribution in [0.3, 0.4) is 0 Å². The summed E-state index contributed by atoms with van der Waals surface area (Å²) in [4.78, 5) is 10.6. The van der Waals surface area contributed by atoms with Gasteiger partial charge in [0, 0.05) is 32.1 Å². The minimum atomic E-state index is -8.41. The highest BCUT2D eigenvalue weighted by Gasteiger charge is 2.92. The Morgan fingerprint density at radius 3 is 1.00 bits per heavy atom. The van der Waals surface area contributed by atoms with Crippen molar-refractivity contribution in [3.8, 4) is 0 Å². The first kappa shape index (κ1) is 45.8. The molecular weight excluding hydrogens is 794 g/mol. The molecule has 1 rings (SSSR count). The molecule has 0 amide bonds. The largest absolute Gasteiger partial charge is 0.460 e. The first-order valence-corrected chi connectivity index (χ1v) is 12.2. The van der Waals surface area contributed by atoms with Gasteiger partial charge in [-0.3, -0.25) is 0 Å². The molecule has 0 aliphatic carbocycles. The summed E-state index contributed by atoms with van der Waals surface area (Å²) in [5.41, 5.74) is 0. The van der Waals surface area contributed by atoms with Crippen LogP contribution in [0.1, 0.15) is 32.1 Å². The van der Waals surface area contributed by atoms with E-state index in [1.807, 2.05) is 0 Å². The average molecular weight is 808 g/mol. The van der Waals surface area contributed by atoms with Crippen molar-refractivity contribution in [3.05, 3.63) is 0 Å². The lowest BCUT2D eigenvalue weighted by atomic mass is 9.88. The van der Waals surface area contributed by atoms with Crippen LogP contribution in [0.2, 0.25) is 0 Å². The third-order valence-corrected chi connectivity index (χ3v) is 6.91. The third kappa shape index (κ3) is 6.84. The summed E-state index contributed by atoms with van der Waals surface area (Å²) in [5, 5.41) is 0. The van der Waals surface area contributed by atoms with Crippen LogP contribution in [0.15, 0.2) is 0 Å². The molecular formula is C21H14F26O3. The van der Waals surface area contributed by atoms with Crippen molar-refractivity contribution in [2.24, 2.45) is 0 Å².